The van der Waals surface area contributed by atoms with Gasteiger partial charge in [-0.1, -0.05) is 30.7 Å². The van der Waals surface area contributed by atoms with Gasteiger partial charge < -0.3 is 9.88 Å². The number of fused-ring (bicyclic) bond motifs is 1. The third-order valence-corrected chi connectivity index (χ3v) is 5.01. The topological polar surface area (TPSA) is 59.8 Å². The normalized spacial score (nSPS) is 14.4. The molecule has 5 heteroatoms. The van der Waals surface area contributed by atoms with Crippen molar-refractivity contribution in [3.05, 3.63) is 59.8 Å². The van der Waals surface area contributed by atoms with Gasteiger partial charge in [0.15, 0.2) is 0 Å². The van der Waals surface area contributed by atoms with Gasteiger partial charge in [0.25, 0.3) is 5.91 Å². The number of aryl methyl sites for hydroxylation is 1. The van der Waals surface area contributed by atoms with Crippen LogP contribution in [-0.2, 0) is 6.54 Å². The second-order valence-electron chi connectivity index (χ2n) is 6.68. The van der Waals surface area contributed by atoms with E-state index in [0.717, 1.165) is 23.1 Å². The van der Waals surface area contributed by atoms with E-state index >= 15 is 0 Å². The molecule has 3 aromatic rings. The summed E-state index contributed by atoms with van der Waals surface area (Å²) in [5.74, 6) is 1.63. The molecule has 0 saturated heterocycles. The number of rotatable bonds is 5. The molecule has 0 radical (unpaired) electrons. The van der Waals surface area contributed by atoms with Gasteiger partial charge >= 0.3 is 0 Å². The Morgan fingerprint density at radius 3 is 2.88 bits per heavy atom. The molecule has 1 aromatic carbocycles. The highest BCUT2D eigenvalue weighted by Gasteiger charge is 2.24. The summed E-state index contributed by atoms with van der Waals surface area (Å²) in [7, 11) is 0. The predicted molar refractivity (Wildman–Crippen MR) is 97.6 cm³/mol. The number of hydrogen-bond acceptors (Lipinski definition) is 3. The second kappa shape index (κ2) is 6.67. The number of nitrogens with zero attached hydrogens (tertiary/aromatic N) is 3. The minimum Gasteiger partial charge on any atom is -0.349 e. The Bertz CT molecular complexity index is 911. The van der Waals surface area contributed by atoms with Crippen LogP contribution in [-0.4, -0.2) is 27.0 Å². The van der Waals surface area contributed by atoms with Crippen molar-refractivity contribution in [1.82, 2.24) is 19.9 Å². The average molecular weight is 334 g/mol. The maximum atomic E-state index is 12.4. The van der Waals surface area contributed by atoms with Crippen LogP contribution in [0.2, 0.25) is 0 Å². The molecule has 0 bridgehead atoms. The van der Waals surface area contributed by atoms with E-state index in [1.165, 1.54) is 25.1 Å². The SMILES string of the molecule is Cc1cnc(C2CCC2)n1CCNC(=O)c1ccc2ccccc2n1. The first-order chi connectivity index (χ1) is 12.2. The minimum absolute atomic E-state index is 0.131. The van der Waals surface area contributed by atoms with Gasteiger partial charge in [-0.15, -0.1) is 0 Å². The molecule has 0 spiro atoms. The largest absolute Gasteiger partial charge is 0.349 e. The lowest BCUT2D eigenvalue weighted by atomic mass is 9.85. The fourth-order valence-corrected chi connectivity index (χ4v) is 3.33. The molecule has 1 saturated carbocycles. The van der Waals surface area contributed by atoms with Gasteiger partial charge in [-0.05, 0) is 31.9 Å². The van der Waals surface area contributed by atoms with Crippen molar-refractivity contribution in [1.29, 1.82) is 0 Å². The maximum Gasteiger partial charge on any atom is 0.269 e. The van der Waals surface area contributed by atoms with Crippen LogP contribution in [0.3, 0.4) is 0 Å². The van der Waals surface area contributed by atoms with E-state index in [0.29, 0.717) is 18.2 Å². The third kappa shape index (κ3) is 3.14. The van der Waals surface area contributed by atoms with Crippen molar-refractivity contribution >= 4 is 16.8 Å². The molecule has 1 fully saturated rings. The molecule has 1 amide bonds. The number of hydrogen-bond donors (Lipinski definition) is 1. The van der Waals surface area contributed by atoms with Crippen molar-refractivity contribution in [2.75, 3.05) is 6.54 Å². The second-order valence-corrected chi connectivity index (χ2v) is 6.68. The third-order valence-electron chi connectivity index (χ3n) is 5.01. The zero-order chi connectivity index (χ0) is 17.2. The predicted octanol–water partition coefficient (Wildman–Crippen LogP) is 3.44. The Labute approximate surface area is 147 Å². The van der Waals surface area contributed by atoms with Crippen molar-refractivity contribution in [3.8, 4) is 0 Å². The number of pyridine rings is 1. The van der Waals surface area contributed by atoms with Crippen LogP contribution in [0.15, 0.2) is 42.6 Å². The average Bonchev–Trinajstić information content (AvgIpc) is 2.94. The molecule has 0 aliphatic heterocycles. The van der Waals surface area contributed by atoms with Crippen molar-refractivity contribution < 1.29 is 4.79 Å². The molecular formula is C20H22N4O. The van der Waals surface area contributed by atoms with Crippen LogP contribution in [0, 0.1) is 6.92 Å². The number of benzene rings is 1. The first-order valence-corrected chi connectivity index (χ1v) is 8.88. The fraction of sp³-hybridized carbons (Fsp3) is 0.350. The van der Waals surface area contributed by atoms with Gasteiger partial charge in [0.2, 0.25) is 0 Å². The van der Waals surface area contributed by atoms with E-state index in [1.807, 2.05) is 36.5 Å². The van der Waals surface area contributed by atoms with E-state index in [1.54, 1.807) is 6.07 Å². The number of nitrogens with one attached hydrogen (secondary N) is 1. The highest BCUT2D eigenvalue weighted by atomic mass is 16.1. The van der Waals surface area contributed by atoms with Crippen LogP contribution in [0.5, 0.6) is 0 Å². The van der Waals surface area contributed by atoms with E-state index < -0.39 is 0 Å². The monoisotopic (exact) mass is 334 g/mol. The fourth-order valence-electron chi connectivity index (χ4n) is 3.33. The van der Waals surface area contributed by atoms with Gasteiger partial charge in [0, 0.05) is 36.3 Å². The smallest absolute Gasteiger partial charge is 0.269 e. The number of carbonyl (C=O) groups excluding carboxylic acids is 1. The van der Waals surface area contributed by atoms with Gasteiger partial charge in [-0.3, -0.25) is 4.79 Å². The van der Waals surface area contributed by atoms with Gasteiger partial charge in [0.1, 0.15) is 11.5 Å². The molecule has 128 valence electrons. The van der Waals surface area contributed by atoms with Crippen LogP contribution >= 0.6 is 0 Å². The van der Waals surface area contributed by atoms with E-state index in [4.69, 9.17) is 0 Å². The molecule has 2 aromatic heterocycles. The van der Waals surface area contributed by atoms with E-state index in [9.17, 15) is 4.79 Å². The highest BCUT2D eigenvalue weighted by Crippen LogP contribution is 2.35. The van der Waals surface area contributed by atoms with Crippen LogP contribution in [0.1, 0.15) is 47.2 Å². The molecule has 2 heterocycles. The lowest BCUT2D eigenvalue weighted by Gasteiger charge is -2.26. The van der Waals surface area contributed by atoms with Crippen molar-refractivity contribution in [2.24, 2.45) is 0 Å². The Morgan fingerprint density at radius 2 is 2.08 bits per heavy atom. The molecular weight excluding hydrogens is 312 g/mol. The summed E-state index contributed by atoms with van der Waals surface area (Å²) < 4.78 is 2.23. The molecule has 1 N–H and O–H groups in total. The molecule has 4 rings (SSSR count). The Kier molecular flexibility index (Phi) is 4.22. The van der Waals surface area contributed by atoms with Crippen LogP contribution in [0.25, 0.3) is 10.9 Å². The maximum absolute atomic E-state index is 12.4. The molecule has 0 unspecified atom stereocenters. The van der Waals surface area contributed by atoms with Gasteiger partial charge in [0.05, 0.1) is 5.52 Å². The molecule has 25 heavy (non-hydrogen) atoms. The summed E-state index contributed by atoms with van der Waals surface area (Å²) in [5.41, 5.74) is 2.45. The molecule has 1 aliphatic carbocycles. The summed E-state index contributed by atoms with van der Waals surface area (Å²) in [6.07, 6.45) is 5.68. The molecule has 1 aliphatic rings. The zero-order valence-corrected chi connectivity index (χ0v) is 14.4. The molecule has 0 atom stereocenters. The molecule has 5 nitrogen and oxygen atoms in total. The summed E-state index contributed by atoms with van der Waals surface area (Å²) in [4.78, 5) is 21.4. The Morgan fingerprint density at radius 1 is 1.24 bits per heavy atom. The first kappa shape index (κ1) is 15.8. The minimum atomic E-state index is -0.131. The lowest BCUT2D eigenvalue weighted by molar-refractivity contribution is 0.0947. The highest BCUT2D eigenvalue weighted by molar-refractivity contribution is 5.94. The summed E-state index contributed by atoms with van der Waals surface area (Å²) >= 11 is 0. The summed E-state index contributed by atoms with van der Waals surface area (Å²) in [5, 5.41) is 4.02. The Balaban J connectivity index is 1.41. The van der Waals surface area contributed by atoms with E-state index in [-0.39, 0.29) is 5.91 Å². The van der Waals surface area contributed by atoms with Crippen LogP contribution < -0.4 is 5.32 Å². The van der Waals surface area contributed by atoms with Crippen LogP contribution in [0.4, 0.5) is 0 Å². The number of imidazole rings is 1. The van der Waals surface area contributed by atoms with E-state index in [2.05, 4.69) is 26.8 Å². The standard InChI is InChI=1S/C20H22N4O/c1-14-13-22-19(16-6-4-7-16)24(14)12-11-21-20(25)18-10-9-15-5-2-3-8-17(15)23-18/h2-3,5,8-10,13,16H,4,6-7,11-12H2,1H3,(H,21,25). The number of amides is 1. The lowest BCUT2D eigenvalue weighted by Crippen LogP contribution is -2.29. The number of aromatic nitrogens is 3. The Hall–Kier alpha value is -2.69. The zero-order valence-electron chi connectivity index (χ0n) is 14.4. The van der Waals surface area contributed by atoms with Crippen molar-refractivity contribution in [3.63, 3.8) is 0 Å². The first-order valence-electron chi connectivity index (χ1n) is 8.88. The summed E-state index contributed by atoms with van der Waals surface area (Å²) in [6, 6.07) is 11.5. The quantitative estimate of drug-likeness (QED) is 0.777. The van der Waals surface area contributed by atoms with Gasteiger partial charge in [-0.25, -0.2) is 9.97 Å². The van der Waals surface area contributed by atoms with Crippen molar-refractivity contribution in [2.45, 2.75) is 38.6 Å². The number of carbonyl (C=O) groups is 1. The summed E-state index contributed by atoms with van der Waals surface area (Å²) in [6.45, 7) is 3.39. The van der Waals surface area contributed by atoms with Gasteiger partial charge in [-0.2, -0.15) is 0 Å². The number of para-hydroxylation sites is 1.